The summed E-state index contributed by atoms with van der Waals surface area (Å²) >= 11 is 10.4. The van der Waals surface area contributed by atoms with Crippen molar-refractivity contribution in [3.8, 4) is 0 Å². The molecule has 0 aliphatic carbocycles. The molecule has 1 saturated heterocycles. The molecule has 4 rings (SSSR count). The fraction of sp³-hybridized carbons (Fsp3) is 0.333. The summed E-state index contributed by atoms with van der Waals surface area (Å²) < 4.78 is 20.2. The first-order valence-electron chi connectivity index (χ1n) is 13.8. The van der Waals surface area contributed by atoms with Crippen LogP contribution in [0.2, 0.25) is 10.0 Å². The number of hydrogen-bond acceptors (Lipinski definition) is 6. The van der Waals surface area contributed by atoms with Crippen LogP contribution in [0.15, 0.2) is 72.8 Å². The van der Waals surface area contributed by atoms with E-state index in [0.29, 0.717) is 61.5 Å². The zero-order chi connectivity index (χ0) is 29.9. The van der Waals surface area contributed by atoms with E-state index in [-0.39, 0.29) is 18.2 Å². The maximum absolute atomic E-state index is 13.7. The first-order chi connectivity index (χ1) is 20.3. The molecular weight excluding hydrogens is 597 g/mol. The van der Waals surface area contributed by atoms with E-state index in [1.165, 1.54) is 0 Å². The summed E-state index contributed by atoms with van der Waals surface area (Å²) in [6.45, 7) is 4.64. The van der Waals surface area contributed by atoms with E-state index in [4.69, 9.17) is 27.4 Å². The van der Waals surface area contributed by atoms with Gasteiger partial charge in [0.1, 0.15) is 6.04 Å². The smallest absolute Gasteiger partial charge is 0.261 e. The zero-order valence-corrected chi connectivity index (χ0v) is 25.7. The van der Waals surface area contributed by atoms with Gasteiger partial charge in [0, 0.05) is 61.3 Å². The van der Waals surface area contributed by atoms with Crippen LogP contribution in [0.1, 0.15) is 18.9 Å². The van der Waals surface area contributed by atoms with Crippen molar-refractivity contribution in [1.29, 1.82) is 0 Å². The number of rotatable bonds is 13. The number of para-hydroxylation sites is 2. The highest BCUT2D eigenvalue weighted by atomic mass is 35.5. The number of halogens is 2. The second kappa shape index (κ2) is 15.8. The van der Waals surface area contributed by atoms with Gasteiger partial charge >= 0.3 is 0 Å². The van der Waals surface area contributed by atoms with Gasteiger partial charge in [0.2, 0.25) is 11.8 Å². The average Bonchev–Trinajstić information content (AvgIpc) is 2.99. The molecule has 0 aromatic heterocycles. The maximum Gasteiger partial charge on any atom is 0.261 e. The summed E-state index contributed by atoms with van der Waals surface area (Å²) in [5.41, 5.74) is 3.35. The first-order valence-corrected chi connectivity index (χ1v) is 15.6. The monoisotopic (exact) mass is 631 g/mol. The van der Waals surface area contributed by atoms with Crippen molar-refractivity contribution in [2.24, 2.45) is 0 Å². The third-order valence-corrected chi connectivity index (χ3v) is 8.11. The molecule has 0 spiro atoms. The van der Waals surface area contributed by atoms with Crippen LogP contribution in [0.5, 0.6) is 0 Å². The maximum atomic E-state index is 13.7. The molecule has 1 unspecified atom stereocenters. The minimum Gasteiger partial charge on any atom is -0.385 e. The molecule has 3 aromatic rings. The van der Waals surface area contributed by atoms with Crippen molar-refractivity contribution in [1.82, 2.24) is 10.2 Å². The predicted octanol–water partition coefficient (Wildman–Crippen LogP) is 4.90. The number of amides is 2. The van der Waals surface area contributed by atoms with E-state index in [2.05, 4.69) is 20.3 Å². The van der Waals surface area contributed by atoms with Gasteiger partial charge in [-0.25, -0.2) is 4.21 Å². The molecule has 0 saturated carbocycles. The summed E-state index contributed by atoms with van der Waals surface area (Å²) in [5.74, 6) is -0.350. The van der Waals surface area contributed by atoms with Crippen LogP contribution in [-0.4, -0.2) is 66.3 Å². The van der Waals surface area contributed by atoms with Crippen molar-refractivity contribution < 1.29 is 18.0 Å². The number of nitrogens with zero attached hydrogens (tertiary/aromatic N) is 2. The Balaban J connectivity index is 1.38. The normalized spacial score (nSPS) is 14.6. The Morgan fingerprint density at radius 1 is 0.929 bits per heavy atom. The van der Waals surface area contributed by atoms with Crippen molar-refractivity contribution in [3.63, 3.8) is 0 Å². The van der Waals surface area contributed by atoms with Gasteiger partial charge in [-0.05, 0) is 61.0 Å². The van der Waals surface area contributed by atoms with Gasteiger partial charge in [0.15, 0.2) is 0 Å². The lowest BCUT2D eigenvalue weighted by Crippen LogP contribution is -2.55. The number of carbonyl (C=O) groups is 2. The summed E-state index contributed by atoms with van der Waals surface area (Å²) in [6.07, 6.45) is 0.552. The lowest BCUT2D eigenvalue weighted by Gasteiger charge is -2.38. The first kappa shape index (κ1) is 31.6. The lowest BCUT2D eigenvalue weighted by atomic mass is 10.0. The van der Waals surface area contributed by atoms with Crippen molar-refractivity contribution in [3.05, 3.63) is 88.4 Å². The van der Waals surface area contributed by atoms with Gasteiger partial charge in [-0.3, -0.25) is 18.5 Å². The molecule has 1 heterocycles. The fourth-order valence-corrected chi connectivity index (χ4v) is 5.54. The molecule has 42 heavy (non-hydrogen) atoms. The van der Waals surface area contributed by atoms with Crippen LogP contribution >= 0.6 is 23.2 Å². The minimum absolute atomic E-state index is 0.132. The van der Waals surface area contributed by atoms with Crippen LogP contribution in [0.3, 0.4) is 0 Å². The Hall–Kier alpha value is -3.31. The lowest BCUT2D eigenvalue weighted by molar-refractivity contribution is -0.136. The second-order valence-electron chi connectivity index (χ2n) is 9.71. The Morgan fingerprint density at radius 2 is 1.57 bits per heavy atom. The molecule has 9 nitrogen and oxygen atoms in total. The van der Waals surface area contributed by atoms with Crippen LogP contribution < -0.4 is 20.3 Å². The molecule has 3 N–H and O–H groups in total. The van der Waals surface area contributed by atoms with Gasteiger partial charge in [-0.2, -0.15) is 0 Å². The van der Waals surface area contributed by atoms with Gasteiger partial charge in [0.25, 0.3) is 11.3 Å². The van der Waals surface area contributed by atoms with E-state index in [9.17, 15) is 13.8 Å². The van der Waals surface area contributed by atoms with Crippen LogP contribution in [0.25, 0.3) is 0 Å². The minimum atomic E-state index is -1.65. The zero-order valence-electron chi connectivity index (χ0n) is 23.4. The van der Waals surface area contributed by atoms with Gasteiger partial charge < -0.3 is 20.4 Å². The summed E-state index contributed by atoms with van der Waals surface area (Å²) in [7, 11) is 0. The molecule has 0 bridgehead atoms. The van der Waals surface area contributed by atoms with Gasteiger partial charge in [0.05, 0.1) is 18.0 Å². The Kier molecular flexibility index (Phi) is 11.9. The number of nitrogens with one attached hydrogen (secondary N) is 3. The van der Waals surface area contributed by atoms with E-state index in [1.807, 2.05) is 48.5 Å². The molecule has 1 aliphatic heterocycles. The third-order valence-electron chi connectivity index (χ3n) is 6.77. The quantitative estimate of drug-likeness (QED) is 0.248. The van der Waals surface area contributed by atoms with Gasteiger partial charge in [-0.1, -0.05) is 47.5 Å². The van der Waals surface area contributed by atoms with Crippen LogP contribution in [-0.2, 0) is 31.5 Å². The third kappa shape index (κ3) is 9.35. The Morgan fingerprint density at radius 3 is 2.24 bits per heavy atom. The van der Waals surface area contributed by atoms with Crippen molar-refractivity contribution in [2.45, 2.75) is 25.8 Å². The molecule has 2 atom stereocenters. The summed E-state index contributed by atoms with van der Waals surface area (Å²) in [5, 5.41) is 7.41. The Bertz CT molecular complexity index is 1350. The number of piperazine rings is 1. The average molecular weight is 633 g/mol. The molecular formula is C30H35Cl2N5O4S. The van der Waals surface area contributed by atoms with Gasteiger partial charge in [-0.15, -0.1) is 0 Å². The predicted molar refractivity (Wildman–Crippen MR) is 170 cm³/mol. The molecule has 2 amide bonds. The second-order valence-corrected chi connectivity index (χ2v) is 11.5. The fourth-order valence-electron chi connectivity index (χ4n) is 4.66. The van der Waals surface area contributed by atoms with Crippen molar-refractivity contribution >= 4 is 63.3 Å². The highest BCUT2D eigenvalue weighted by molar-refractivity contribution is 7.81. The van der Waals surface area contributed by atoms with Crippen LogP contribution in [0.4, 0.5) is 17.1 Å². The number of anilines is 3. The van der Waals surface area contributed by atoms with Crippen LogP contribution in [0, 0.1) is 0 Å². The highest BCUT2D eigenvalue weighted by Gasteiger charge is 2.29. The molecule has 1 fully saturated rings. The molecule has 12 heteroatoms. The van der Waals surface area contributed by atoms with E-state index >= 15 is 0 Å². The van der Waals surface area contributed by atoms with Crippen molar-refractivity contribution in [2.75, 3.05) is 54.3 Å². The van der Waals surface area contributed by atoms with E-state index in [0.717, 1.165) is 16.9 Å². The van der Waals surface area contributed by atoms with E-state index in [1.54, 1.807) is 36.1 Å². The number of carbonyl (C=O) groups excluding carboxylic acids is 2. The summed E-state index contributed by atoms with van der Waals surface area (Å²) in [6, 6.07) is 21.4. The number of benzene rings is 3. The number of hydrogen-bond donors (Lipinski definition) is 3. The molecule has 224 valence electrons. The molecule has 1 aliphatic rings. The summed E-state index contributed by atoms with van der Waals surface area (Å²) in [4.78, 5) is 30.6. The standard InChI is InChI=1S/C30H35Cl2N5O4S/c1-2-41-42(40)35-26-5-3-4-6-28(26)36-17-19-37(20-18-36)30(39)27(21-22-7-9-23(31)10-8-22)34-29(38)15-16-33-25-13-11-24(32)12-14-25/h3-14,27,33,35H,2,15-21H2,1H3,(H,34,38)/t27-,42?/m1/s1. The topological polar surface area (TPSA) is 103 Å². The SMILES string of the molecule is CCOS(=O)Nc1ccccc1N1CCN(C(=O)[C@@H](Cc2ccc(Cl)cc2)NC(=O)CCNc2ccc(Cl)cc2)CC1. The largest absolute Gasteiger partial charge is 0.385 e. The van der Waals surface area contributed by atoms with E-state index < -0.39 is 17.3 Å². The Labute approximate surface area is 259 Å². The highest BCUT2D eigenvalue weighted by Crippen LogP contribution is 2.27. The molecule has 3 aromatic carbocycles. The molecule has 0 radical (unpaired) electrons.